The van der Waals surface area contributed by atoms with Crippen molar-refractivity contribution in [2.24, 2.45) is 0 Å². The van der Waals surface area contributed by atoms with Gasteiger partial charge >= 0.3 is 0 Å². The number of carbonyl (C=O) groups is 1. The molecule has 0 saturated heterocycles. The van der Waals surface area contributed by atoms with Crippen LogP contribution in [0.1, 0.15) is 33.9 Å². The van der Waals surface area contributed by atoms with Crippen molar-refractivity contribution in [3.63, 3.8) is 0 Å². The van der Waals surface area contributed by atoms with E-state index in [4.69, 9.17) is 0 Å². The number of nitrogens with zero attached hydrogens (tertiary/aromatic N) is 1. The zero-order valence-electron chi connectivity index (χ0n) is 7.54. The Balaban J connectivity index is 1.96. The molecule has 1 aromatic rings. The minimum Gasteiger partial charge on any atom is -0.347 e. The van der Waals surface area contributed by atoms with Crippen LogP contribution in [0, 0.1) is 6.92 Å². The third-order valence-electron chi connectivity index (χ3n) is 2.26. The van der Waals surface area contributed by atoms with Gasteiger partial charge in [0.25, 0.3) is 5.91 Å². The van der Waals surface area contributed by atoms with Gasteiger partial charge in [-0.25, -0.2) is 4.98 Å². The van der Waals surface area contributed by atoms with E-state index < -0.39 is 0 Å². The van der Waals surface area contributed by atoms with Crippen LogP contribution in [0.5, 0.6) is 0 Å². The van der Waals surface area contributed by atoms with Gasteiger partial charge in [0.2, 0.25) is 0 Å². The lowest BCUT2D eigenvalue weighted by Crippen LogP contribution is -2.39. The second kappa shape index (κ2) is 3.46. The van der Waals surface area contributed by atoms with Crippen LogP contribution in [0.3, 0.4) is 0 Å². The standard InChI is InChI=1S/C9H12N2OS/c1-6-5-10-9(13-6)8(12)11-7-3-2-4-7/h5,7H,2-4H2,1H3,(H,11,12). The Morgan fingerprint density at radius 2 is 2.46 bits per heavy atom. The number of hydrogen-bond acceptors (Lipinski definition) is 3. The highest BCUT2D eigenvalue weighted by Crippen LogP contribution is 2.19. The minimum absolute atomic E-state index is 0.0113. The maximum atomic E-state index is 11.5. The molecule has 4 heteroatoms. The number of amides is 1. The molecule has 1 fully saturated rings. The van der Waals surface area contributed by atoms with E-state index in [0.717, 1.165) is 17.7 Å². The van der Waals surface area contributed by atoms with Gasteiger partial charge in [0.05, 0.1) is 0 Å². The van der Waals surface area contributed by atoms with Gasteiger partial charge < -0.3 is 5.32 Å². The minimum atomic E-state index is -0.0113. The van der Waals surface area contributed by atoms with Crippen molar-refractivity contribution in [3.05, 3.63) is 16.1 Å². The van der Waals surface area contributed by atoms with Crippen LogP contribution >= 0.6 is 11.3 Å². The van der Waals surface area contributed by atoms with Crippen molar-refractivity contribution in [1.29, 1.82) is 0 Å². The Morgan fingerprint density at radius 1 is 1.69 bits per heavy atom. The van der Waals surface area contributed by atoms with E-state index in [2.05, 4.69) is 10.3 Å². The molecular formula is C9H12N2OS. The lowest BCUT2D eigenvalue weighted by atomic mass is 9.93. The predicted octanol–water partition coefficient (Wildman–Crippen LogP) is 1.73. The van der Waals surface area contributed by atoms with Crippen molar-refractivity contribution in [1.82, 2.24) is 10.3 Å². The SMILES string of the molecule is Cc1cnc(C(=O)NC2CCC2)s1. The van der Waals surface area contributed by atoms with E-state index in [1.807, 2.05) is 6.92 Å². The Hall–Kier alpha value is -0.900. The Morgan fingerprint density at radius 3 is 2.92 bits per heavy atom. The van der Waals surface area contributed by atoms with E-state index in [-0.39, 0.29) is 5.91 Å². The molecule has 0 bridgehead atoms. The van der Waals surface area contributed by atoms with Crippen molar-refractivity contribution < 1.29 is 4.79 Å². The summed E-state index contributed by atoms with van der Waals surface area (Å²) in [6.45, 7) is 1.96. The second-order valence-electron chi connectivity index (χ2n) is 3.38. The summed E-state index contributed by atoms with van der Waals surface area (Å²) in [5, 5.41) is 3.54. The molecule has 1 aromatic heterocycles. The van der Waals surface area contributed by atoms with E-state index in [1.165, 1.54) is 17.8 Å². The van der Waals surface area contributed by atoms with Crippen LogP contribution in [0.15, 0.2) is 6.20 Å². The van der Waals surface area contributed by atoms with Gasteiger partial charge in [-0.1, -0.05) is 0 Å². The molecule has 70 valence electrons. The van der Waals surface area contributed by atoms with Gasteiger partial charge in [-0.05, 0) is 26.2 Å². The summed E-state index contributed by atoms with van der Waals surface area (Å²) in [7, 11) is 0. The molecule has 13 heavy (non-hydrogen) atoms. The van der Waals surface area contributed by atoms with Crippen molar-refractivity contribution in [2.75, 3.05) is 0 Å². The Kier molecular flexibility index (Phi) is 2.31. The Bertz CT molecular complexity index is 317. The largest absolute Gasteiger partial charge is 0.347 e. The molecule has 1 aliphatic rings. The van der Waals surface area contributed by atoms with Crippen LogP contribution in [-0.4, -0.2) is 16.9 Å². The van der Waals surface area contributed by atoms with Gasteiger partial charge in [0.15, 0.2) is 5.01 Å². The number of thiazole rings is 1. The van der Waals surface area contributed by atoms with E-state index >= 15 is 0 Å². The molecular weight excluding hydrogens is 184 g/mol. The second-order valence-corrected chi connectivity index (χ2v) is 4.61. The smallest absolute Gasteiger partial charge is 0.280 e. The molecule has 1 aliphatic carbocycles. The van der Waals surface area contributed by atoms with Crippen molar-refractivity contribution >= 4 is 17.2 Å². The van der Waals surface area contributed by atoms with Gasteiger partial charge in [-0.2, -0.15) is 0 Å². The first-order valence-electron chi connectivity index (χ1n) is 4.49. The zero-order valence-corrected chi connectivity index (χ0v) is 8.36. The third kappa shape index (κ3) is 1.88. The number of aryl methyl sites for hydroxylation is 1. The average molecular weight is 196 g/mol. The van der Waals surface area contributed by atoms with Crippen LogP contribution in [0.2, 0.25) is 0 Å². The Labute approximate surface area is 81.2 Å². The summed E-state index contributed by atoms with van der Waals surface area (Å²) in [6.07, 6.45) is 5.22. The molecule has 1 N–H and O–H groups in total. The van der Waals surface area contributed by atoms with Crippen LogP contribution in [0.4, 0.5) is 0 Å². The summed E-state index contributed by atoms with van der Waals surface area (Å²) in [4.78, 5) is 16.6. The van der Waals surface area contributed by atoms with E-state index in [1.54, 1.807) is 6.20 Å². The molecule has 0 aromatic carbocycles. The maximum Gasteiger partial charge on any atom is 0.280 e. The molecule has 3 nitrogen and oxygen atoms in total. The molecule has 1 heterocycles. The summed E-state index contributed by atoms with van der Waals surface area (Å²) in [5.41, 5.74) is 0. The highest BCUT2D eigenvalue weighted by Gasteiger charge is 2.21. The van der Waals surface area contributed by atoms with E-state index in [9.17, 15) is 4.79 Å². The van der Waals surface area contributed by atoms with Gasteiger partial charge in [0, 0.05) is 17.1 Å². The lowest BCUT2D eigenvalue weighted by Gasteiger charge is -2.25. The molecule has 0 aliphatic heterocycles. The van der Waals surface area contributed by atoms with Crippen molar-refractivity contribution in [2.45, 2.75) is 32.2 Å². The topological polar surface area (TPSA) is 42.0 Å². The first-order valence-corrected chi connectivity index (χ1v) is 5.30. The molecule has 1 amide bonds. The fourth-order valence-corrected chi connectivity index (χ4v) is 1.93. The quantitative estimate of drug-likeness (QED) is 0.782. The number of aromatic nitrogens is 1. The number of nitrogens with one attached hydrogen (secondary N) is 1. The lowest BCUT2D eigenvalue weighted by molar-refractivity contribution is 0.0916. The zero-order chi connectivity index (χ0) is 9.26. The molecule has 0 spiro atoms. The number of hydrogen-bond donors (Lipinski definition) is 1. The molecule has 1 saturated carbocycles. The predicted molar refractivity (Wildman–Crippen MR) is 52.0 cm³/mol. The molecule has 0 atom stereocenters. The third-order valence-corrected chi connectivity index (χ3v) is 3.17. The van der Waals surface area contributed by atoms with Crippen molar-refractivity contribution in [3.8, 4) is 0 Å². The summed E-state index contributed by atoms with van der Waals surface area (Å²) in [5.74, 6) is -0.0113. The fraction of sp³-hybridized carbons (Fsp3) is 0.556. The first-order chi connectivity index (χ1) is 6.25. The maximum absolute atomic E-state index is 11.5. The van der Waals surface area contributed by atoms with Gasteiger partial charge in [-0.15, -0.1) is 11.3 Å². The summed E-state index contributed by atoms with van der Waals surface area (Å²) < 4.78 is 0. The van der Waals surface area contributed by atoms with Crippen LogP contribution in [0.25, 0.3) is 0 Å². The number of rotatable bonds is 2. The summed E-state index contributed by atoms with van der Waals surface area (Å²) >= 11 is 1.45. The monoisotopic (exact) mass is 196 g/mol. The fourth-order valence-electron chi connectivity index (χ4n) is 1.26. The molecule has 2 rings (SSSR count). The average Bonchev–Trinajstić information content (AvgIpc) is 2.44. The van der Waals surface area contributed by atoms with Gasteiger partial charge in [-0.3, -0.25) is 4.79 Å². The first kappa shape index (κ1) is 8.69. The summed E-state index contributed by atoms with van der Waals surface area (Å²) in [6, 6.07) is 0.400. The normalized spacial score (nSPS) is 16.7. The number of carbonyl (C=O) groups excluding carboxylic acids is 1. The van der Waals surface area contributed by atoms with Crippen LogP contribution < -0.4 is 5.32 Å². The highest BCUT2D eigenvalue weighted by atomic mass is 32.1. The molecule has 0 radical (unpaired) electrons. The van der Waals surface area contributed by atoms with Gasteiger partial charge in [0.1, 0.15) is 0 Å². The van der Waals surface area contributed by atoms with Crippen LogP contribution in [-0.2, 0) is 0 Å². The van der Waals surface area contributed by atoms with E-state index in [0.29, 0.717) is 11.0 Å². The highest BCUT2D eigenvalue weighted by molar-refractivity contribution is 7.13. The molecule has 0 unspecified atom stereocenters.